The van der Waals surface area contributed by atoms with Crippen LogP contribution in [0.15, 0.2) is 48.5 Å². The number of carbonyl (C=O) groups is 3. The zero-order chi connectivity index (χ0) is 28.5. The smallest absolute Gasteiger partial charge is 0.408 e. The third kappa shape index (κ3) is 8.89. The molecule has 2 unspecified atom stereocenters. The minimum atomic E-state index is -0.874. The molecule has 3 amide bonds. The summed E-state index contributed by atoms with van der Waals surface area (Å²) in [7, 11) is 0. The minimum absolute atomic E-state index is 0.221. The number of nitrogens with one attached hydrogen (secondary N) is 2. The molecule has 0 saturated carbocycles. The first-order valence-electron chi connectivity index (χ1n) is 13.6. The van der Waals surface area contributed by atoms with Gasteiger partial charge in [-0.15, -0.1) is 0 Å². The molecule has 0 aliphatic rings. The number of benzene rings is 2. The van der Waals surface area contributed by atoms with Gasteiger partial charge in [0, 0.05) is 12.2 Å². The summed E-state index contributed by atoms with van der Waals surface area (Å²) in [6, 6.07) is 13.4. The second kappa shape index (κ2) is 14.0. The standard InChI is InChI=1S/C31H45N3O4/c1-9-10-14-20-34(29(36)25(21(2)3)33-30(37)38-31(6,7)8)27(24-18-12-11-13-19-24)28(35)32-26-22(4)16-15-17-23(26)5/h11-13,15-19,21,25,27H,9-10,14,20H2,1-8H3,(H,32,35)(H,33,37). The van der Waals surface area contributed by atoms with E-state index in [0.29, 0.717) is 12.1 Å². The van der Waals surface area contributed by atoms with Crippen molar-refractivity contribution in [2.45, 2.75) is 92.3 Å². The van der Waals surface area contributed by atoms with Crippen LogP contribution in [0.5, 0.6) is 0 Å². The molecule has 208 valence electrons. The normalized spacial score (nSPS) is 13.0. The number of hydrogen-bond acceptors (Lipinski definition) is 4. The van der Waals surface area contributed by atoms with Crippen molar-refractivity contribution >= 4 is 23.6 Å². The topological polar surface area (TPSA) is 87.7 Å². The lowest BCUT2D eigenvalue weighted by Crippen LogP contribution is -2.54. The fraction of sp³-hybridized carbons (Fsp3) is 0.516. The number of unbranched alkanes of at least 4 members (excludes halogenated alkanes) is 2. The van der Waals surface area contributed by atoms with E-state index in [-0.39, 0.29) is 17.7 Å². The number of anilines is 1. The molecule has 2 aromatic carbocycles. The molecule has 0 aliphatic carbocycles. The average Bonchev–Trinajstić information content (AvgIpc) is 2.83. The van der Waals surface area contributed by atoms with Gasteiger partial charge in [-0.2, -0.15) is 0 Å². The van der Waals surface area contributed by atoms with Gasteiger partial charge >= 0.3 is 6.09 Å². The van der Waals surface area contributed by atoms with Crippen LogP contribution in [-0.2, 0) is 14.3 Å². The van der Waals surface area contributed by atoms with E-state index in [1.54, 1.807) is 25.7 Å². The Hall–Kier alpha value is -3.35. The van der Waals surface area contributed by atoms with Crippen LogP contribution < -0.4 is 10.6 Å². The lowest BCUT2D eigenvalue weighted by molar-refractivity contribution is -0.141. The highest BCUT2D eigenvalue weighted by Gasteiger charge is 2.37. The fourth-order valence-corrected chi connectivity index (χ4v) is 4.34. The lowest BCUT2D eigenvalue weighted by Gasteiger charge is -2.36. The maximum Gasteiger partial charge on any atom is 0.408 e. The molecule has 2 aromatic rings. The van der Waals surface area contributed by atoms with Crippen LogP contribution >= 0.6 is 0 Å². The molecular formula is C31H45N3O4. The minimum Gasteiger partial charge on any atom is -0.444 e. The van der Waals surface area contributed by atoms with E-state index < -0.39 is 23.8 Å². The molecule has 2 N–H and O–H groups in total. The van der Waals surface area contributed by atoms with Crippen molar-refractivity contribution in [1.82, 2.24) is 10.2 Å². The van der Waals surface area contributed by atoms with E-state index in [2.05, 4.69) is 17.6 Å². The molecule has 0 heterocycles. The van der Waals surface area contributed by atoms with Gasteiger partial charge in [0.1, 0.15) is 17.7 Å². The average molecular weight is 524 g/mol. The number of rotatable bonds is 11. The summed E-state index contributed by atoms with van der Waals surface area (Å²) < 4.78 is 5.44. The van der Waals surface area contributed by atoms with Crippen LogP contribution in [0.2, 0.25) is 0 Å². The van der Waals surface area contributed by atoms with Crippen LogP contribution in [-0.4, -0.2) is 41.0 Å². The number of hydrogen-bond donors (Lipinski definition) is 2. The van der Waals surface area contributed by atoms with Crippen LogP contribution in [0.4, 0.5) is 10.5 Å². The zero-order valence-electron chi connectivity index (χ0n) is 24.3. The third-order valence-corrected chi connectivity index (χ3v) is 6.30. The summed E-state index contributed by atoms with van der Waals surface area (Å²) in [5.41, 5.74) is 2.64. The van der Waals surface area contributed by atoms with Crippen LogP contribution in [0.25, 0.3) is 0 Å². The zero-order valence-corrected chi connectivity index (χ0v) is 24.3. The maximum atomic E-state index is 14.2. The maximum absolute atomic E-state index is 14.2. The van der Waals surface area contributed by atoms with E-state index in [9.17, 15) is 14.4 Å². The molecule has 0 bridgehead atoms. The van der Waals surface area contributed by atoms with Crippen molar-refractivity contribution in [2.24, 2.45) is 5.92 Å². The van der Waals surface area contributed by atoms with E-state index in [1.807, 2.05) is 76.2 Å². The van der Waals surface area contributed by atoms with Crippen molar-refractivity contribution in [3.8, 4) is 0 Å². The molecule has 0 aromatic heterocycles. The van der Waals surface area contributed by atoms with Gasteiger partial charge in [-0.3, -0.25) is 9.59 Å². The Balaban J connectivity index is 2.52. The van der Waals surface area contributed by atoms with Crippen molar-refractivity contribution in [1.29, 1.82) is 0 Å². The number of amides is 3. The first-order valence-corrected chi connectivity index (χ1v) is 13.6. The number of carbonyl (C=O) groups excluding carboxylic acids is 3. The Labute approximate surface area is 228 Å². The molecule has 0 aliphatic heterocycles. The van der Waals surface area contributed by atoms with E-state index in [0.717, 1.165) is 36.1 Å². The van der Waals surface area contributed by atoms with Gasteiger partial charge in [-0.25, -0.2) is 4.79 Å². The van der Waals surface area contributed by atoms with Gasteiger partial charge in [-0.05, 0) is 63.6 Å². The largest absolute Gasteiger partial charge is 0.444 e. The predicted molar refractivity (Wildman–Crippen MR) is 153 cm³/mol. The predicted octanol–water partition coefficient (Wildman–Crippen LogP) is 6.55. The van der Waals surface area contributed by atoms with Gasteiger partial charge in [0.2, 0.25) is 5.91 Å². The summed E-state index contributed by atoms with van der Waals surface area (Å²) >= 11 is 0. The number of alkyl carbamates (subject to hydrolysis) is 1. The highest BCUT2D eigenvalue weighted by Crippen LogP contribution is 2.28. The Bertz CT molecular complexity index is 1060. The Morgan fingerprint density at radius 1 is 0.921 bits per heavy atom. The fourth-order valence-electron chi connectivity index (χ4n) is 4.34. The molecule has 7 heteroatoms. The molecule has 0 radical (unpaired) electrons. The molecule has 38 heavy (non-hydrogen) atoms. The highest BCUT2D eigenvalue weighted by molar-refractivity contribution is 6.00. The second-order valence-corrected chi connectivity index (χ2v) is 11.2. The quantitative estimate of drug-likeness (QED) is 0.327. The summed E-state index contributed by atoms with van der Waals surface area (Å²) in [5.74, 6) is -0.826. The van der Waals surface area contributed by atoms with E-state index >= 15 is 0 Å². The summed E-state index contributed by atoms with van der Waals surface area (Å²) in [6.45, 7) is 15.4. The number of ether oxygens (including phenoxy) is 1. The van der Waals surface area contributed by atoms with Crippen LogP contribution in [0.3, 0.4) is 0 Å². The van der Waals surface area contributed by atoms with Crippen molar-refractivity contribution in [3.63, 3.8) is 0 Å². The van der Waals surface area contributed by atoms with Crippen molar-refractivity contribution in [2.75, 3.05) is 11.9 Å². The summed E-state index contributed by atoms with van der Waals surface area (Å²) in [5, 5.41) is 5.87. The molecule has 2 atom stereocenters. The highest BCUT2D eigenvalue weighted by atomic mass is 16.6. The summed E-state index contributed by atoms with van der Waals surface area (Å²) in [6.07, 6.45) is 1.96. The van der Waals surface area contributed by atoms with Crippen LogP contribution in [0.1, 0.15) is 83.5 Å². The number of nitrogens with zero attached hydrogens (tertiary/aromatic N) is 1. The van der Waals surface area contributed by atoms with E-state index in [1.165, 1.54) is 0 Å². The molecule has 2 rings (SSSR count). The first kappa shape index (κ1) is 30.9. The van der Waals surface area contributed by atoms with Gasteiger partial charge in [-0.1, -0.05) is 82.1 Å². The lowest BCUT2D eigenvalue weighted by atomic mass is 9.98. The van der Waals surface area contributed by atoms with Gasteiger partial charge in [0.15, 0.2) is 0 Å². The Morgan fingerprint density at radius 2 is 1.53 bits per heavy atom. The molecule has 0 fully saturated rings. The van der Waals surface area contributed by atoms with Gasteiger partial charge in [0.25, 0.3) is 5.91 Å². The second-order valence-electron chi connectivity index (χ2n) is 11.2. The molecule has 0 spiro atoms. The van der Waals surface area contributed by atoms with Crippen molar-refractivity contribution < 1.29 is 19.1 Å². The Morgan fingerprint density at radius 3 is 2.05 bits per heavy atom. The van der Waals surface area contributed by atoms with Crippen LogP contribution in [0, 0.1) is 19.8 Å². The molecule has 0 saturated heterocycles. The SMILES string of the molecule is CCCCCN(C(=O)C(NC(=O)OC(C)(C)C)C(C)C)C(C(=O)Nc1c(C)cccc1C)c1ccccc1. The summed E-state index contributed by atoms with van der Waals surface area (Å²) in [4.78, 5) is 42.4. The number of aryl methyl sites for hydroxylation is 2. The first-order chi connectivity index (χ1) is 17.9. The van der Waals surface area contributed by atoms with Crippen molar-refractivity contribution in [3.05, 3.63) is 65.2 Å². The van der Waals surface area contributed by atoms with Gasteiger partial charge in [0.05, 0.1) is 0 Å². The Kier molecular flexibility index (Phi) is 11.4. The third-order valence-electron chi connectivity index (χ3n) is 6.30. The monoisotopic (exact) mass is 523 g/mol. The van der Waals surface area contributed by atoms with E-state index in [4.69, 9.17) is 4.74 Å². The molecule has 7 nitrogen and oxygen atoms in total. The van der Waals surface area contributed by atoms with Gasteiger partial charge < -0.3 is 20.3 Å². The number of para-hydroxylation sites is 1. The molecular weight excluding hydrogens is 478 g/mol.